The van der Waals surface area contributed by atoms with Crippen molar-refractivity contribution in [3.63, 3.8) is 0 Å². The SMILES string of the molecule is CNCc1c[nH]c2nc(-c3cccnc3)nc(C)c12. The van der Waals surface area contributed by atoms with Crippen molar-refractivity contribution in [3.05, 3.63) is 42.0 Å². The third-order valence-electron chi connectivity index (χ3n) is 3.08. The summed E-state index contributed by atoms with van der Waals surface area (Å²) in [6, 6.07) is 3.85. The Labute approximate surface area is 111 Å². The molecule has 0 aromatic carbocycles. The molecule has 96 valence electrons. The van der Waals surface area contributed by atoms with Gasteiger partial charge in [-0.1, -0.05) is 0 Å². The second-order valence-corrected chi connectivity index (χ2v) is 4.44. The molecule has 3 aromatic rings. The lowest BCUT2D eigenvalue weighted by Gasteiger charge is -2.04. The van der Waals surface area contributed by atoms with Crippen LogP contribution in [0.15, 0.2) is 30.7 Å². The maximum atomic E-state index is 4.59. The number of rotatable bonds is 3. The van der Waals surface area contributed by atoms with Crippen LogP contribution in [0.25, 0.3) is 22.4 Å². The van der Waals surface area contributed by atoms with Gasteiger partial charge in [0.1, 0.15) is 5.65 Å². The monoisotopic (exact) mass is 253 g/mol. The number of fused-ring (bicyclic) bond motifs is 1. The summed E-state index contributed by atoms with van der Waals surface area (Å²) >= 11 is 0. The molecule has 3 aromatic heterocycles. The van der Waals surface area contributed by atoms with Gasteiger partial charge in [-0.2, -0.15) is 0 Å². The zero-order valence-corrected chi connectivity index (χ0v) is 10.9. The standard InChI is InChI=1S/C14H15N5/c1-9-12-11(6-15-2)8-17-14(12)19-13(18-9)10-4-3-5-16-7-10/h3-5,7-8,15H,6H2,1-2H3,(H,17,18,19). The van der Waals surface area contributed by atoms with Gasteiger partial charge in [-0.05, 0) is 31.7 Å². The lowest BCUT2D eigenvalue weighted by atomic mass is 10.2. The molecule has 0 spiro atoms. The number of nitrogens with zero attached hydrogens (tertiary/aromatic N) is 3. The molecule has 5 heteroatoms. The van der Waals surface area contributed by atoms with Crippen LogP contribution in [0.2, 0.25) is 0 Å². The molecule has 2 N–H and O–H groups in total. The summed E-state index contributed by atoms with van der Waals surface area (Å²) in [5, 5.41) is 4.25. The first-order chi connectivity index (χ1) is 9.29. The number of hydrogen-bond acceptors (Lipinski definition) is 4. The molecule has 0 amide bonds. The Morgan fingerprint density at radius 3 is 2.95 bits per heavy atom. The molecule has 5 nitrogen and oxygen atoms in total. The van der Waals surface area contributed by atoms with E-state index in [-0.39, 0.29) is 0 Å². The molecule has 0 atom stereocenters. The number of aryl methyl sites for hydroxylation is 1. The van der Waals surface area contributed by atoms with Gasteiger partial charge >= 0.3 is 0 Å². The maximum Gasteiger partial charge on any atom is 0.163 e. The molecule has 0 saturated carbocycles. The Hall–Kier alpha value is -2.27. The number of hydrogen-bond donors (Lipinski definition) is 2. The van der Waals surface area contributed by atoms with Crippen LogP contribution in [0.1, 0.15) is 11.3 Å². The fourth-order valence-electron chi connectivity index (χ4n) is 2.24. The fourth-order valence-corrected chi connectivity index (χ4v) is 2.24. The van der Waals surface area contributed by atoms with Gasteiger partial charge in [0.15, 0.2) is 5.82 Å². The first-order valence-corrected chi connectivity index (χ1v) is 6.19. The van der Waals surface area contributed by atoms with Crippen molar-refractivity contribution in [3.8, 4) is 11.4 Å². The molecule has 0 radical (unpaired) electrons. The number of nitrogens with one attached hydrogen (secondary N) is 2. The summed E-state index contributed by atoms with van der Waals surface area (Å²) in [5.41, 5.74) is 3.97. The van der Waals surface area contributed by atoms with Gasteiger partial charge in [0.05, 0.1) is 5.69 Å². The fraction of sp³-hybridized carbons (Fsp3) is 0.214. The summed E-state index contributed by atoms with van der Waals surface area (Å²) in [7, 11) is 1.93. The molecule has 0 aliphatic carbocycles. The third kappa shape index (κ3) is 2.08. The maximum absolute atomic E-state index is 4.59. The van der Waals surface area contributed by atoms with Gasteiger partial charge in [0, 0.05) is 36.1 Å². The molecule has 0 aliphatic rings. The highest BCUT2D eigenvalue weighted by Crippen LogP contribution is 2.23. The average molecular weight is 253 g/mol. The van der Waals surface area contributed by atoms with Gasteiger partial charge in [0.2, 0.25) is 0 Å². The van der Waals surface area contributed by atoms with E-state index in [0.29, 0.717) is 5.82 Å². The lowest BCUT2D eigenvalue weighted by Crippen LogP contribution is -2.05. The zero-order valence-electron chi connectivity index (χ0n) is 10.9. The predicted octanol–water partition coefficient (Wildman–Crippen LogP) is 2.05. The summed E-state index contributed by atoms with van der Waals surface area (Å²) in [4.78, 5) is 16.5. The van der Waals surface area contributed by atoms with Crippen molar-refractivity contribution in [1.82, 2.24) is 25.3 Å². The second-order valence-electron chi connectivity index (χ2n) is 4.44. The third-order valence-corrected chi connectivity index (χ3v) is 3.08. The van der Waals surface area contributed by atoms with E-state index in [4.69, 9.17) is 0 Å². The average Bonchev–Trinajstić information content (AvgIpc) is 2.84. The van der Waals surface area contributed by atoms with E-state index in [1.54, 1.807) is 12.4 Å². The summed E-state index contributed by atoms with van der Waals surface area (Å²) in [6.45, 7) is 2.81. The van der Waals surface area contributed by atoms with E-state index < -0.39 is 0 Å². The smallest absolute Gasteiger partial charge is 0.163 e. The second kappa shape index (κ2) is 4.78. The van der Waals surface area contributed by atoms with E-state index in [9.17, 15) is 0 Å². The molecule has 0 aliphatic heterocycles. The topological polar surface area (TPSA) is 66.5 Å². The van der Waals surface area contributed by atoms with Crippen molar-refractivity contribution < 1.29 is 0 Å². The highest BCUT2D eigenvalue weighted by molar-refractivity contribution is 5.83. The largest absolute Gasteiger partial charge is 0.346 e. The summed E-state index contributed by atoms with van der Waals surface area (Å²) in [5.74, 6) is 0.705. The van der Waals surface area contributed by atoms with Gasteiger partial charge in [0.25, 0.3) is 0 Å². The van der Waals surface area contributed by atoms with Crippen LogP contribution < -0.4 is 5.32 Å². The van der Waals surface area contributed by atoms with E-state index >= 15 is 0 Å². The van der Waals surface area contributed by atoms with Crippen LogP contribution in [0, 0.1) is 6.92 Å². The van der Waals surface area contributed by atoms with Crippen LogP contribution in [0.5, 0.6) is 0 Å². The highest BCUT2D eigenvalue weighted by atomic mass is 15.0. The minimum Gasteiger partial charge on any atom is -0.346 e. The van der Waals surface area contributed by atoms with Gasteiger partial charge in [-0.3, -0.25) is 4.98 Å². The number of pyridine rings is 1. The molecule has 19 heavy (non-hydrogen) atoms. The Morgan fingerprint density at radius 1 is 1.32 bits per heavy atom. The Morgan fingerprint density at radius 2 is 2.21 bits per heavy atom. The highest BCUT2D eigenvalue weighted by Gasteiger charge is 2.11. The molecule has 3 heterocycles. The molecule has 0 bridgehead atoms. The molecule has 0 fully saturated rings. The predicted molar refractivity (Wildman–Crippen MR) is 74.6 cm³/mol. The van der Waals surface area contributed by atoms with Crippen LogP contribution in [0.3, 0.4) is 0 Å². The molecular formula is C14H15N5. The Balaban J connectivity index is 2.16. The van der Waals surface area contributed by atoms with Crippen LogP contribution in [-0.2, 0) is 6.54 Å². The molecule has 0 unspecified atom stereocenters. The molecule has 0 saturated heterocycles. The summed E-state index contributed by atoms with van der Waals surface area (Å²) in [6.07, 6.45) is 5.50. The summed E-state index contributed by atoms with van der Waals surface area (Å²) < 4.78 is 0. The number of aromatic nitrogens is 4. The van der Waals surface area contributed by atoms with Gasteiger partial charge in [-0.25, -0.2) is 9.97 Å². The van der Waals surface area contributed by atoms with E-state index in [0.717, 1.165) is 28.8 Å². The van der Waals surface area contributed by atoms with Gasteiger partial charge in [-0.15, -0.1) is 0 Å². The van der Waals surface area contributed by atoms with Crippen molar-refractivity contribution in [2.45, 2.75) is 13.5 Å². The number of aromatic amines is 1. The van der Waals surface area contributed by atoms with E-state index in [2.05, 4.69) is 25.3 Å². The van der Waals surface area contributed by atoms with Crippen molar-refractivity contribution in [2.75, 3.05) is 7.05 Å². The van der Waals surface area contributed by atoms with Crippen LogP contribution >= 0.6 is 0 Å². The van der Waals surface area contributed by atoms with Crippen molar-refractivity contribution >= 4 is 11.0 Å². The van der Waals surface area contributed by atoms with Crippen LogP contribution in [-0.4, -0.2) is 27.0 Å². The minimum atomic E-state index is 0.705. The van der Waals surface area contributed by atoms with Crippen LogP contribution in [0.4, 0.5) is 0 Å². The normalized spacial score (nSPS) is 11.1. The lowest BCUT2D eigenvalue weighted by molar-refractivity contribution is 0.822. The molecular weight excluding hydrogens is 238 g/mol. The Bertz CT molecular complexity index is 702. The first-order valence-electron chi connectivity index (χ1n) is 6.19. The van der Waals surface area contributed by atoms with Crippen molar-refractivity contribution in [2.24, 2.45) is 0 Å². The zero-order chi connectivity index (χ0) is 13.2. The molecule has 3 rings (SSSR count). The Kier molecular flexibility index (Phi) is 2.97. The van der Waals surface area contributed by atoms with E-state index in [1.165, 1.54) is 5.56 Å². The minimum absolute atomic E-state index is 0.705. The number of H-pyrrole nitrogens is 1. The van der Waals surface area contributed by atoms with E-state index in [1.807, 2.05) is 32.3 Å². The van der Waals surface area contributed by atoms with Crippen molar-refractivity contribution in [1.29, 1.82) is 0 Å². The quantitative estimate of drug-likeness (QED) is 0.749. The first kappa shape index (κ1) is 11.8. The van der Waals surface area contributed by atoms with Gasteiger partial charge < -0.3 is 10.3 Å².